The molecule has 116 valence electrons. The summed E-state index contributed by atoms with van der Waals surface area (Å²) in [4.78, 5) is 24.3. The summed E-state index contributed by atoms with van der Waals surface area (Å²) in [6, 6.07) is 8.17. The summed E-state index contributed by atoms with van der Waals surface area (Å²) < 4.78 is 5.43. The fourth-order valence-corrected chi connectivity index (χ4v) is 3.17. The van der Waals surface area contributed by atoms with Crippen LogP contribution in [0.5, 0.6) is 0 Å². The average molecular weight is 299 g/mol. The van der Waals surface area contributed by atoms with E-state index in [2.05, 4.69) is 31.3 Å². The molecule has 0 aromatic heterocycles. The third kappa shape index (κ3) is 2.32. The average Bonchev–Trinajstić information content (AvgIpc) is 2.68. The van der Waals surface area contributed by atoms with Gasteiger partial charge in [-0.1, -0.05) is 38.1 Å². The van der Waals surface area contributed by atoms with E-state index in [0.29, 0.717) is 17.2 Å². The Morgan fingerprint density at radius 2 is 1.82 bits per heavy atom. The van der Waals surface area contributed by atoms with Crippen molar-refractivity contribution in [3.63, 3.8) is 0 Å². The predicted molar refractivity (Wildman–Crippen MR) is 83.2 cm³/mol. The molecule has 2 aliphatic heterocycles. The Labute approximate surface area is 130 Å². The van der Waals surface area contributed by atoms with Gasteiger partial charge in [-0.3, -0.25) is 4.79 Å². The van der Waals surface area contributed by atoms with Crippen molar-refractivity contribution in [3.8, 4) is 0 Å². The number of hydrogen-bond donors (Lipinski definition) is 1. The van der Waals surface area contributed by atoms with E-state index in [0.717, 1.165) is 5.56 Å². The molecule has 4 heteroatoms. The molecule has 2 heterocycles. The first-order chi connectivity index (χ1) is 10.3. The highest BCUT2D eigenvalue weighted by molar-refractivity contribution is 5.99. The summed E-state index contributed by atoms with van der Waals surface area (Å²) in [6.07, 6.45) is 0.283. The highest BCUT2D eigenvalue weighted by Crippen LogP contribution is 2.42. The van der Waals surface area contributed by atoms with Crippen LogP contribution in [0.15, 0.2) is 35.5 Å². The lowest BCUT2D eigenvalue weighted by Crippen LogP contribution is -2.38. The van der Waals surface area contributed by atoms with Gasteiger partial charge >= 0.3 is 5.97 Å². The Kier molecular flexibility index (Phi) is 3.35. The summed E-state index contributed by atoms with van der Waals surface area (Å²) in [5.74, 6) is -0.158. The highest BCUT2D eigenvalue weighted by Gasteiger charge is 2.47. The molecule has 1 aromatic carbocycles. The van der Waals surface area contributed by atoms with Gasteiger partial charge in [0.2, 0.25) is 5.91 Å². The van der Waals surface area contributed by atoms with Gasteiger partial charge in [0.25, 0.3) is 0 Å². The maximum absolute atomic E-state index is 12.3. The summed E-state index contributed by atoms with van der Waals surface area (Å²) in [7, 11) is 0. The number of carbonyl (C=O) groups is 2. The Morgan fingerprint density at radius 3 is 2.41 bits per heavy atom. The largest absolute Gasteiger partial charge is 0.450 e. The van der Waals surface area contributed by atoms with E-state index in [9.17, 15) is 9.59 Å². The topological polar surface area (TPSA) is 55.4 Å². The molecule has 1 atom stereocenters. The minimum absolute atomic E-state index is 0.0666. The molecule has 3 rings (SSSR count). The van der Waals surface area contributed by atoms with Crippen molar-refractivity contribution in [2.24, 2.45) is 0 Å². The number of rotatable bonds is 2. The number of ether oxygens (including phenoxy) is 1. The Hall–Kier alpha value is -2.10. The molecule has 0 fully saturated rings. The Bertz CT molecular complexity index is 668. The van der Waals surface area contributed by atoms with E-state index in [1.807, 2.05) is 12.1 Å². The predicted octanol–water partition coefficient (Wildman–Crippen LogP) is 3.00. The summed E-state index contributed by atoms with van der Waals surface area (Å²) >= 11 is 0. The zero-order valence-electron chi connectivity index (χ0n) is 13.4. The Balaban J connectivity index is 2.04. The van der Waals surface area contributed by atoms with Gasteiger partial charge in [0.15, 0.2) is 0 Å². The molecule has 1 N–H and O–H groups in total. The van der Waals surface area contributed by atoms with Gasteiger partial charge in [-0.05, 0) is 30.9 Å². The number of nitrogens with one attached hydrogen (secondary N) is 1. The van der Waals surface area contributed by atoms with Gasteiger partial charge in [-0.2, -0.15) is 0 Å². The second-order valence-corrected chi connectivity index (χ2v) is 6.81. The third-order valence-corrected chi connectivity index (χ3v) is 4.45. The number of benzene rings is 1. The lowest BCUT2D eigenvalue weighted by atomic mass is 9.82. The zero-order chi connectivity index (χ0) is 16.1. The van der Waals surface area contributed by atoms with Crippen LogP contribution in [0.2, 0.25) is 0 Å². The van der Waals surface area contributed by atoms with Crippen molar-refractivity contribution >= 4 is 11.9 Å². The standard InChI is InChI=1S/C18H21NO3/c1-10(2)11-5-7-12(8-6-11)13-9-14(20)19-16-15(13)17(21)22-18(16,3)4/h5-8,10,13H,9H2,1-4H3,(H,19,20)/t13-/m0/s1. The minimum Gasteiger partial charge on any atom is -0.450 e. The van der Waals surface area contributed by atoms with E-state index in [-0.39, 0.29) is 24.2 Å². The molecule has 1 amide bonds. The van der Waals surface area contributed by atoms with Crippen LogP contribution in [0.25, 0.3) is 0 Å². The van der Waals surface area contributed by atoms with Crippen molar-refractivity contribution in [2.45, 2.75) is 51.6 Å². The normalized spacial score (nSPS) is 23.4. The van der Waals surface area contributed by atoms with Crippen LogP contribution in [0, 0.1) is 0 Å². The smallest absolute Gasteiger partial charge is 0.337 e. The zero-order valence-corrected chi connectivity index (χ0v) is 13.4. The summed E-state index contributed by atoms with van der Waals surface area (Å²) in [6.45, 7) is 7.89. The molecule has 22 heavy (non-hydrogen) atoms. The molecular weight excluding hydrogens is 278 g/mol. The van der Waals surface area contributed by atoms with Crippen LogP contribution in [0.4, 0.5) is 0 Å². The molecule has 0 aliphatic carbocycles. The minimum atomic E-state index is -0.765. The fraction of sp³-hybridized carbons (Fsp3) is 0.444. The van der Waals surface area contributed by atoms with Crippen molar-refractivity contribution in [3.05, 3.63) is 46.7 Å². The quantitative estimate of drug-likeness (QED) is 0.854. The first kappa shape index (κ1) is 14.8. The molecule has 2 aliphatic rings. The van der Waals surface area contributed by atoms with E-state index in [1.165, 1.54) is 5.56 Å². The van der Waals surface area contributed by atoms with Gasteiger partial charge in [-0.15, -0.1) is 0 Å². The number of carbonyl (C=O) groups excluding carboxylic acids is 2. The summed E-state index contributed by atoms with van der Waals surface area (Å²) in [5, 5.41) is 2.82. The van der Waals surface area contributed by atoms with Crippen molar-refractivity contribution in [1.82, 2.24) is 5.32 Å². The molecule has 0 radical (unpaired) electrons. The maximum atomic E-state index is 12.3. The first-order valence-corrected chi connectivity index (χ1v) is 7.67. The van der Waals surface area contributed by atoms with Gasteiger partial charge in [0, 0.05) is 12.3 Å². The monoisotopic (exact) mass is 299 g/mol. The summed E-state index contributed by atoms with van der Waals surface area (Å²) in [5.41, 5.74) is 2.68. The SMILES string of the molecule is CC(C)c1ccc([C@@H]2CC(=O)NC3=C2C(=O)OC3(C)C)cc1. The van der Waals surface area contributed by atoms with Crippen LogP contribution >= 0.6 is 0 Å². The fourth-order valence-electron chi connectivity index (χ4n) is 3.17. The molecular formula is C18H21NO3. The van der Waals surface area contributed by atoms with Gasteiger partial charge in [-0.25, -0.2) is 4.79 Å². The molecule has 0 saturated carbocycles. The molecule has 0 saturated heterocycles. The number of hydrogen-bond acceptors (Lipinski definition) is 3. The van der Waals surface area contributed by atoms with Gasteiger partial charge < -0.3 is 10.1 Å². The van der Waals surface area contributed by atoms with Gasteiger partial charge in [0.1, 0.15) is 5.60 Å². The van der Waals surface area contributed by atoms with Crippen LogP contribution in [-0.2, 0) is 14.3 Å². The first-order valence-electron chi connectivity index (χ1n) is 7.67. The second kappa shape index (κ2) is 4.97. The van der Waals surface area contributed by atoms with E-state index in [1.54, 1.807) is 13.8 Å². The second-order valence-electron chi connectivity index (χ2n) is 6.81. The maximum Gasteiger partial charge on any atom is 0.337 e. The van der Waals surface area contributed by atoms with E-state index >= 15 is 0 Å². The van der Waals surface area contributed by atoms with Gasteiger partial charge in [0.05, 0.1) is 11.3 Å². The number of esters is 1. The third-order valence-electron chi connectivity index (χ3n) is 4.45. The van der Waals surface area contributed by atoms with E-state index in [4.69, 9.17) is 4.74 Å². The molecule has 0 spiro atoms. The molecule has 4 nitrogen and oxygen atoms in total. The van der Waals surface area contributed by atoms with Crippen molar-refractivity contribution in [2.75, 3.05) is 0 Å². The Morgan fingerprint density at radius 1 is 1.18 bits per heavy atom. The van der Waals surface area contributed by atoms with Crippen molar-refractivity contribution < 1.29 is 14.3 Å². The molecule has 1 aromatic rings. The number of cyclic esters (lactones) is 1. The lowest BCUT2D eigenvalue weighted by molar-refractivity contribution is -0.144. The van der Waals surface area contributed by atoms with Crippen LogP contribution in [0.1, 0.15) is 57.1 Å². The lowest BCUT2D eigenvalue weighted by Gasteiger charge is -2.27. The van der Waals surface area contributed by atoms with Crippen LogP contribution in [0.3, 0.4) is 0 Å². The van der Waals surface area contributed by atoms with Crippen LogP contribution < -0.4 is 5.32 Å². The van der Waals surface area contributed by atoms with Crippen LogP contribution in [-0.4, -0.2) is 17.5 Å². The highest BCUT2D eigenvalue weighted by atomic mass is 16.6. The molecule has 0 bridgehead atoms. The van der Waals surface area contributed by atoms with E-state index < -0.39 is 5.60 Å². The van der Waals surface area contributed by atoms with Crippen molar-refractivity contribution in [1.29, 1.82) is 0 Å². The molecule has 0 unspecified atom stereocenters. The number of amides is 1.